The summed E-state index contributed by atoms with van der Waals surface area (Å²) in [5.41, 5.74) is 0.734. The van der Waals surface area contributed by atoms with Crippen LogP contribution in [0, 0.1) is 6.92 Å². The molecule has 1 heterocycles. The molecule has 1 aromatic carbocycles. The zero-order valence-corrected chi connectivity index (χ0v) is 12.4. The van der Waals surface area contributed by atoms with Gasteiger partial charge >= 0.3 is 7.12 Å². The summed E-state index contributed by atoms with van der Waals surface area (Å²) in [5.74, 6) is 0.510. The third kappa shape index (κ3) is 2.32. The lowest BCUT2D eigenvalue weighted by Gasteiger charge is -2.32. The van der Waals surface area contributed by atoms with Crippen LogP contribution < -0.4 is 10.2 Å². The van der Waals surface area contributed by atoms with Gasteiger partial charge in [0.05, 0.1) is 18.3 Å². The number of methoxy groups -OCH3 is 1. The van der Waals surface area contributed by atoms with Gasteiger partial charge in [-0.25, -0.2) is 0 Å². The van der Waals surface area contributed by atoms with Gasteiger partial charge in [-0.1, -0.05) is 6.07 Å². The minimum absolute atomic E-state index is 0.0756. The van der Waals surface area contributed by atoms with Crippen LogP contribution in [0.5, 0.6) is 11.5 Å². The number of hydrogen-bond acceptors (Lipinski definition) is 4. The first-order valence-electron chi connectivity index (χ1n) is 6.41. The van der Waals surface area contributed by atoms with E-state index >= 15 is 0 Å². The molecule has 5 heteroatoms. The summed E-state index contributed by atoms with van der Waals surface area (Å²) in [5, 5.41) is 10.2. The quantitative estimate of drug-likeness (QED) is 0.830. The van der Waals surface area contributed by atoms with Crippen LogP contribution in [0.3, 0.4) is 0 Å². The fourth-order valence-corrected chi connectivity index (χ4v) is 2.08. The van der Waals surface area contributed by atoms with Crippen molar-refractivity contribution in [3.63, 3.8) is 0 Å². The fourth-order valence-electron chi connectivity index (χ4n) is 2.08. The van der Waals surface area contributed by atoms with E-state index in [9.17, 15) is 5.11 Å². The predicted octanol–water partition coefficient (Wildman–Crippen LogP) is 2.01. The molecular weight excluding hydrogens is 243 g/mol. The largest absolute Gasteiger partial charge is 0.505 e. The van der Waals surface area contributed by atoms with Gasteiger partial charge in [-0.2, -0.15) is 0 Å². The van der Waals surface area contributed by atoms with E-state index in [1.165, 1.54) is 7.11 Å². The highest BCUT2D eigenvalue weighted by atomic mass is 16.7. The van der Waals surface area contributed by atoms with Crippen LogP contribution in [-0.4, -0.2) is 30.5 Å². The van der Waals surface area contributed by atoms with Crippen LogP contribution in [-0.2, 0) is 9.31 Å². The number of aromatic hydroxyl groups is 1. The Kier molecular flexibility index (Phi) is 3.31. The lowest BCUT2D eigenvalue weighted by atomic mass is 9.77. The van der Waals surface area contributed by atoms with E-state index in [1.54, 1.807) is 6.07 Å². The molecule has 0 spiro atoms. The molecule has 0 amide bonds. The van der Waals surface area contributed by atoms with Crippen LogP contribution in [0.4, 0.5) is 0 Å². The molecule has 1 fully saturated rings. The second-order valence-corrected chi connectivity index (χ2v) is 5.99. The van der Waals surface area contributed by atoms with Gasteiger partial charge in [-0.05, 0) is 46.2 Å². The van der Waals surface area contributed by atoms with Crippen molar-refractivity contribution in [3.05, 3.63) is 17.7 Å². The molecule has 1 aromatic rings. The highest BCUT2D eigenvalue weighted by Crippen LogP contribution is 2.38. The first-order valence-corrected chi connectivity index (χ1v) is 6.41. The Bertz CT molecular complexity index is 480. The van der Waals surface area contributed by atoms with Crippen molar-refractivity contribution in [2.45, 2.75) is 45.8 Å². The van der Waals surface area contributed by atoms with E-state index in [0.717, 1.165) is 5.56 Å². The lowest BCUT2D eigenvalue weighted by Crippen LogP contribution is -2.41. The highest BCUT2D eigenvalue weighted by molar-refractivity contribution is 6.63. The van der Waals surface area contributed by atoms with E-state index in [0.29, 0.717) is 11.2 Å². The normalized spacial score (nSPS) is 20.6. The molecule has 4 nitrogen and oxygen atoms in total. The van der Waals surface area contributed by atoms with Crippen LogP contribution in [0.25, 0.3) is 0 Å². The Balaban J connectivity index is 2.42. The van der Waals surface area contributed by atoms with Gasteiger partial charge in [0.1, 0.15) is 0 Å². The number of hydrogen-bond donors (Lipinski definition) is 1. The van der Waals surface area contributed by atoms with Crippen molar-refractivity contribution in [2.75, 3.05) is 7.11 Å². The molecule has 0 aliphatic carbocycles. The van der Waals surface area contributed by atoms with Crippen LogP contribution in [0.2, 0.25) is 0 Å². The number of phenols is 1. The van der Waals surface area contributed by atoms with E-state index in [-0.39, 0.29) is 5.75 Å². The van der Waals surface area contributed by atoms with Crippen molar-refractivity contribution < 1.29 is 19.2 Å². The molecule has 0 unspecified atom stereocenters. The van der Waals surface area contributed by atoms with Crippen molar-refractivity contribution in [1.82, 2.24) is 0 Å². The van der Waals surface area contributed by atoms with E-state index in [1.807, 2.05) is 40.7 Å². The fraction of sp³-hybridized carbons (Fsp3) is 0.571. The van der Waals surface area contributed by atoms with E-state index in [4.69, 9.17) is 14.0 Å². The Morgan fingerprint density at radius 1 is 1.11 bits per heavy atom. The monoisotopic (exact) mass is 264 g/mol. The number of ether oxygens (including phenoxy) is 1. The van der Waals surface area contributed by atoms with Crippen LogP contribution in [0.1, 0.15) is 33.3 Å². The number of benzene rings is 1. The molecule has 1 saturated heterocycles. The van der Waals surface area contributed by atoms with Gasteiger partial charge in [0.25, 0.3) is 0 Å². The molecule has 19 heavy (non-hydrogen) atoms. The SMILES string of the molecule is COc1cc(C)cc(B2OC(C)(C)C(C)(C)O2)c1O. The zero-order valence-electron chi connectivity index (χ0n) is 12.4. The molecule has 0 saturated carbocycles. The van der Waals surface area contributed by atoms with Crippen molar-refractivity contribution >= 4 is 12.6 Å². The minimum atomic E-state index is -0.584. The van der Waals surface area contributed by atoms with Gasteiger partial charge in [0, 0.05) is 5.46 Å². The topological polar surface area (TPSA) is 47.9 Å². The van der Waals surface area contributed by atoms with Gasteiger partial charge in [0.2, 0.25) is 0 Å². The number of phenolic OH excluding ortho intramolecular Hbond substituents is 1. The summed E-state index contributed by atoms with van der Waals surface area (Å²) in [4.78, 5) is 0. The maximum Gasteiger partial charge on any atom is 0.498 e. The third-order valence-electron chi connectivity index (χ3n) is 3.98. The van der Waals surface area contributed by atoms with Gasteiger partial charge in [-0.15, -0.1) is 0 Å². The van der Waals surface area contributed by atoms with Crippen LogP contribution in [0.15, 0.2) is 12.1 Å². The Morgan fingerprint density at radius 3 is 2.11 bits per heavy atom. The Morgan fingerprint density at radius 2 is 1.63 bits per heavy atom. The maximum atomic E-state index is 10.2. The van der Waals surface area contributed by atoms with E-state index < -0.39 is 18.3 Å². The first kappa shape index (κ1) is 14.2. The van der Waals surface area contributed by atoms with Gasteiger partial charge < -0.3 is 19.2 Å². The standard InChI is InChI=1S/C14H21BO4/c1-9-7-10(12(16)11(8-9)17-6)15-18-13(2,3)14(4,5)19-15/h7-8,16H,1-6H3. The van der Waals surface area contributed by atoms with Crippen LogP contribution >= 0.6 is 0 Å². The molecule has 0 aromatic heterocycles. The molecule has 1 aliphatic heterocycles. The molecule has 1 aliphatic rings. The second-order valence-electron chi connectivity index (χ2n) is 5.99. The molecule has 0 bridgehead atoms. The minimum Gasteiger partial charge on any atom is -0.505 e. The highest BCUT2D eigenvalue weighted by Gasteiger charge is 2.52. The van der Waals surface area contributed by atoms with Crippen molar-refractivity contribution in [1.29, 1.82) is 0 Å². The Hall–Kier alpha value is -1.20. The molecule has 104 valence electrons. The smallest absolute Gasteiger partial charge is 0.498 e. The van der Waals surface area contributed by atoms with Crippen molar-refractivity contribution in [2.24, 2.45) is 0 Å². The Labute approximate surface area is 114 Å². The summed E-state index contributed by atoms with van der Waals surface area (Å²) in [6, 6.07) is 3.64. The maximum absolute atomic E-state index is 10.2. The molecule has 0 atom stereocenters. The second kappa shape index (κ2) is 4.42. The van der Waals surface area contributed by atoms with E-state index in [2.05, 4.69) is 0 Å². The average Bonchev–Trinajstić information content (AvgIpc) is 2.50. The first-order chi connectivity index (χ1) is 8.68. The average molecular weight is 264 g/mol. The third-order valence-corrected chi connectivity index (χ3v) is 3.98. The van der Waals surface area contributed by atoms with Gasteiger partial charge in [-0.3, -0.25) is 0 Å². The zero-order chi connectivity index (χ0) is 14.4. The van der Waals surface area contributed by atoms with Gasteiger partial charge in [0.15, 0.2) is 11.5 Å². The summed E-state index contributed by atoms with van der Waals surface area (Å²) in [7, 11) is 0.946. The molecule has 1 N–H and O–H groups in total. The molecule has 0 radical (unpaired) electrons. The van der Waals surface area contributed by atoms with Crippen molar-refractivity contribution in [3.8, 4) is 11.5 Å². The molecular formula is C14H21BO4. The predicted molar refractivity (Wildman–Crippen MR) is 75.1 cm³/mol. The summed E-state index contributed by atoms with van der Waals surface area (Å²) >= 11 is 0. The number of aryl methyl sites for hydroxylation is 1. The summed E-state index contributed by atoms with van der Waals surface area (Å²) in [6.45, 7) is 9.87. The summed E-state index contributed by atoms with van der Waals surface area (Å²) in [6.07, 6.45) is 0. The molecule has 2 rings (SSSR count). The number of rotatable bonds is 2. The summed E-state index contributed by atoms with van der Waals surface area (Å²) < 4.78 is 17.1. The lowest BCUT2D eigenvalue weighted by molar-refractivity contribution is 0.00578.